The van der Waals surface area contributed by atoms with Crippen molar-refractivity contribution in [3.05, 3.63) is 78.5 Å². The van der Waals surface area contributed by atoms with E-state index in [4.69, 9.17) is 4.42 Å². The molecule has 0 atom stereocenters. The normalized spacial score (nSPS) is 10.9. The number of hydrogen-bond donors (Lipinski definition) is 1. The first-order valence-electron chi connectivity index (χ1n) is 6.90. The number of nitrogens with zero attached hydrogens (tertiary/aromatic N) is 2. The van der Waals surface area contributed by atoms with Crippen LogP contribution >= 0.6 is 0 Å². The van der Waals surface area contributed by atoms with Crippen LogP contribution < -0.4 is 5.32 Å². The summed E-state index contributed by atoms with van der Waals surface area (Å²) in [4.78, 5) is 11.7. The fourth-order valence-electron chi connectivity index (χ4n) is 1.98. The Bertz CT molecular complexity index is 742. The summed E-state index contributed by atoms with van der Waals surface area (Å²) >= 11 is 0. The third-order valence-corrected chi connectivity index (χ3v) is 3.11. The van der Waals surface area contributed by atoms with Crippen molar-refractivity contribution in [2.75, 3.05) is 0 Å². The van der Waals surface area contributed by atoms with Gasteiger partial charge in [-0.15, -0.1) is 0 Å². The van der Waals surface area contributed by atoms with Gasteiger partial charge in [-0.1, -0.05) is 12.1 Å². The molecule has 0 bridgehead atoms. The first kappa shape index (κ1) is 13.9. The number of rotatable bonds is 5. The SMILES string of the molecule is O=C(C=Cc1ccco1)NCc1ccc(-n2cccn2)cc1. The largest absolute Gasteiger partial charge is 0.465 e. The molecular weight excluding hydrogens is 278 g/mol. The maximum atomic E-state index is 11.7. The number of amides is 1. The van der Waals surface area contributed by atoms with Gasteiger partial charge in [0.1, 0.15) is 5.76 Å². The van der Waals surface area contributed by atoms with Gasteiger partial charge < -0.3 is 9.73 Å². The maximum Gasteiger partial charge on any atom is 0.244 e. The van der Waals surface area contributed by atoms with E-state index >= 15 is 0 Å². The molecule has 1 N–H and O–H groups in total. The fraction of sp³-hybridized carbons (Fsp3) is 0.0588. The maximum absolute atomic E-state index is 11.7. The topological polar surface area (TPSA) is 60.1 Å². The number of nitrogens with one attached hydrogen (secondary N) is 1. The standard InChI is InChI=1S/C17H15N3O2/c21-17(9-8-16-3-1-12-22-16)18-13-14-4-6-15(7-5-14)20-11-2-10-19-20/h1-12H,13H2,(H,18,21). The Morgan fingerprint density at radius 3 is 2.77 bits per heavy atom. The first-order valence-corrected chi connectivity index (χ1v) is 6.90. The first-order chi connectivity index (χ1) is 10.8. The molecule has 2 heterocycles. The fourth-order valence-corrected chi connectivity index (χ4v) is 1.98. The molecular formula is C17H15N3O2. The molecule has 0 saturated carbocycles. The van der Waals surface area contributed by atoms with Gasteiger partial charge in [-0.05, 0) is 42.0 Å². The van der Waals surface area contributed by atoms with Crippen LogP contribution in [0, 0.1) is 0 Å². The molecule has 0 fully saturated rings. The lowest BCUT2D eigenvalue weighted by atomic mass is 10.2. The summed E-state index contributed by atoms with van der Waals surface area (Å²) in [6.45, 7) is 0.473. The van der Waals surface area contributed by atoms with Crippen molar-refractivity contribution in [2.24, 2.45) is 0 Å². The van der Waals surface area contributed by atoms with Crippen molar-refractivity contribution in [1.82, 2.24) is 15.1 Å². The minimum atomic E-state index is -0.160. The number of carbonyl (C=O) groups excluding carboxylic acids is 1. The zero-order valence-corrected chi connectivity index (χ0v) is 11.8. The number of furan rings is 1. The van der Waals surface area contributed by atoms with E-state index in [9.17, 15) is 4.79 Å². The lowest BCUT2D eigenvalue weighted by Gasteiger charge is -2.05. The van der Waals surface area contributed by atoms with Crippen LogP contribution in [0.25, 0.3) is 11.8 Å². The molecule has 1 amide bonds. The van der Waals surface area contributed by atoms with Gasteiger partial charge >= 0.3 is 0 Å². The summed E-state index contributed by atoms with van der Waals surface area (Å²) in [5.74, 6) is 0.492. The van der Waals surface area contributed by atoms with Crippen LogP contribution in [-0.4, -0.2) is 15.7 Å². The van der Waals surface area contributed by atoms with Crippen molar-refractivity contribution in [3.8, 4) is 5.69 Å². The van der Waals surface area contributed by atoms with E-state index in [0.29, 0.717) is 12.3 Å². The highest BCUT2D eigenvalue weighted by atomic mass is 16.3. The smallest absolute Gasteiger partial charge is 0.244 e. The van der Waals surface area contributed by atoms with Crippen LogP contribution in [0.1, 0.15) is 11.3 Å². The van der Waals surface area contributed by atoms with Crippen molar-refractivity contribution >= 4 is 12.0 Å². The molecule has 0 spiro atoms. The zero-order chi connectivity index (χ0) is 15.2. The number of hydrogen-bond acceptors (Lipinski definition) is 3. The summed E-state index contributed by atoms with van der Waals surface area (Å²) in [6, 6.07) is 13.3. The Hall–Kier alpha value is -3.08. The van der Waals surface area contributed by atoms with Crippen LogP contribution in [-0.2, 0) is 11.3 Å². The van der Waals surface area contributed by atoms with Gasteiger partial charge in [0.15, 0.2) is 0 Å². The lowest BCUT2D eigenvalue weighted by Crippen LogP contribution is -2.20. The molecule has 22 heavy (non-hydrogen) atoms. The van der Waals surface area contributed by atoms with Crippen molar-refractivity contribution in [3.63, 3.8) is 0 Å². The molecule has 0 aliphatic rings. The average molecular weight is 293 g/mol. The minimum Gasteiger partial charge on any atom is -0.465 e. The molecule has 1 aromatic carbocycles. The Morgan fingerprint density at radius 2 is 2.09 bits per heavy atom. The van der Waals surface area contributed by atoms with Gasteiger partial charge in [-0.2, -0.15) is 5.10 Å². The highest BCUT2D eigenvalue weighted by Gasteiger charge is 1.99. The van der Waals surface area contributed by atoms with Gasteiger partial charge in [-0.3, -0.25) is 4.79 Å². The number of carbonyl (C=O) groups is 1. The predicted molar refractivity (Wildman–Crippen MR) is 83.2 cm³/mol. The average Bonchev–Trinajstić information content (AvgIpc) is 3.24. The summed E-state index contributed by atoms with van der Waals surface area (Å²) in [5, 5.41) is 6.99. The minimum absolute atomic E-state index is 0.160. The van der Waals surface area contributed by atoms with E-state index in [1.54, 1.807) is 35.4 Å². The van der Waals surface area contributed by atoms with Crippen LogP contribution in [0.2, 0.25) is 0 Å². The van der Waals surface area contributed by atoms with Crippen LogP contribution in [0.4, 0.5) is 0 Å². The second-order valence-corrected chi connectivity index (χ2v) is 4.68. The van der Waals surface area contributed by atoms with Crippen LogP contribution in [0.3, 0.4) is 0 Å². The molecule has 0 aliphatic heterocycles. The van der Waals surface area contributed by atoms with Gasteiger partial charge in [0.05, 0.1) is 12.0 Å². The molecule has 3 rings (SSSR count). The Labute approximate surface area is 127 Å². The zero-order valence-electron chi connectivity index (χ0n) is 11.8. The second kappa shape index (κ2) is 6.58. The van der Waals surface area contributed by atoms with Crippen molar-refractivity contribution in [2.45, 2.75) is 6.54 Å². The Morgan fingerprint density at radius 1 is 1.23 bits per heavy atom. The summed E-state index contributed by atoms with van der Waals surface area (Å²) in [6.07, 6.45) is 8.28. The van der Waals surface area contributed by atoms with E-state index in [-0.39, 0.29) is 5.91 Å². The van der Waals surface area contributed by atoms with Gasteiger partial charge in [-0.25, -0.2) is 4.68 Å². The van der Waals surface area contributed by atoms with E-state index < -0.39 is 0 Å². The molecule has 0 saturated heterocycles. The third kappa shape index (κ3) is 3.52. The summed E-state index contributed by atoms with van der Waals surface area (Å²) < 4.78 is 6.91. The van der Waals surface area contributed by atoms with E-state index in [0.717, 1.165) is 11.3 Å². The summed E-state index contributed by atoms with van der Waals surface area (Å²) in [7, 11) is 0. The second-order valence-electron chi connectivity index (χ2n) is 4.68. The van der Waals surface area contributed by atoms with Crippen molar-refractivity contribution in [1.29, 1.82) is 0 Å². The summed E-state index contributed by atoms with van der Waals surface area (Å²) in [5.41, 5.74) is 2.01. The molecule has 110 valence electrons. The van der Waals surface area contributed by atoms with Crippen molar-refractivity contribution < 1.29 is 9.21 Å². The molecule has 0 aliphatic carbocycles. The van der Waals surface area contributed by atoms with Gasteiger partial charge in [0, 0.05) is 25.0 Å². The van der Waals surface area contributed by atoms with Crippen LogP contribution in [0.15, 0.2) is 71.6 Å². The van der Waals surface area contributed by atoms with E-state index in [2.05, 4.69) is 10.4 Å². The number of benzene rings is 1. The lowest BCUT2D eigenvalue weighted by molar-refractivity contribution is -0.116. The van der Waals surface area contributed by atoms with E-state index in [1.165, 1.54) is 6.08 Å². The molecule has 2 aromatic heterocycles. The quantitative estimate of drug-likeness (QED) is 0.736. The predicted octanol–water partition coefficient (Wildman–Crippen LogP) is 2.79. The number of aromatic nitrogens is 2. The molecule has 5 nitrogen and oxygen atoms in total. The van der Waals surface area contributed by atoms with Crippen LogP contribution in [0.5, 0.6) is 0 Å². The highest BCUT2D eigenvalue weighted by Crippen LogP contribution is 2.08. The van der Waals surface area contributed by atoms with E-state index in [1.807, 2.05) is 36.5 Å². The third-order valence-electron chi connectivity index (χ3n) is 3.11. The monoisotopic (exact) mass is 293 g/mol. The van der Waals surface area contributed by atoms with Gasteiger partial charge in [0.2, 0.25) is 5.91 Å². The highest BCUT2D eigenvalue weighted by molar-refractivity contribution is 5.91. The van der Waals surface area contributed by atoms with Gasteiger partial charge in [0.25, 0.3) is 0 Å². The Kier molecular flexibility index (Phi) is 4.15. The molecule has 3 aromatic rings. The Balaban J connectivity index is 1.54. The molecule has 5 heteroatoms. The molecule has 0 unspecified atom stereocenters. The molecule has 0 radical (unpaired) electrons.